The molecule has 0 bridgehead atoms. The van der Waals surface area contributed by atoms with Crippen molar-refractivity contribution in [2.45, 2.75) is 26.4 Å². The first-order valence-corrected chi connectivity index (χ1v) is 3.11. The molecule has 10 heavy (non-hydrogen) atoms. The lowest BCUT2D eigenvalue weighted by atomic mass is 10.2. The molecule has 0 aliphatic heterocycles. The van der Waals surface area contributed by atoms with Crippen LogP contribution in [-0.2, 0) is 4.74 Å². The van der Waals surface area contributed by atoms with Crippen molar-refractivity contribution in [3.8, 4) is 0 Å². The van der Waals surface area contributed by atoms with Crippen LogP contribution in [0.15, 0.2) is 0 Å². The molecule has 0 aliphatic carbocycles. The number of ether oxygens (including phenoxy) is 1. The summed E-state index contributed by atoms with van der Waals surface area (Å²) in [4.78, 5) is 10.7. The Morgan fingerprint density at radius 2 is 2.00 bits per heavy atom. The fraction of sp³-hybridized carbons (Fsp3) is 0.800. The van der Waals surface area contributed by atoms with Gasteiger partial charge in [0.05, 0.1) is 0 Å². The van der Waals surface area contributed by atoms with Gasteiger partial charge in [-0.15, -0.1) is 0 Å². The summed E-state index contributed by atoms with van der Waals surface area (Å²) in [5, 5.41) is 2.47. The maximum absolute atomic E-state index is 10.7. The summed E-state index contributed by atoms with van der Waals surface area (Å²) in [7, 11) is 1.60. The predicted octanol–water partition coefficient (Wildman–Crippen LogP) is -0.436. The molecule has 4 nitrogen and oxygen atoms in total. The minimum Gasteiger partial charge on any atom is -0.443 e. The van der Waals surface area contributed by atoms with Gasteiger partial charge in [0.1, 0.15) is 5.60 Å². The number of carbonyl (C=O) groups excluding carboxylic acids is 1. The normalized spacial score (nSPS) is 10.7. The summed E-state index contributed by atoms with van der Waals surface area (Å²) in [6.07, 6.45) is -0.463. The SMILES string of the molecule is BNNC(=O)OC(C)(C)C. The van der Waals surface area contributed by atoms with Gasteiger partial charge in [-0.1, -0.05) is 0 Å². The van der Waals surface area contributed by atoms with E-state index in [2.05, 4.69) is 10.8 Å². The third-order valence-corrected chi connectivity index (χ3v) is 0.626. The summed E-state index contributed by atoms with van der Waals surface area (Å²) < 4.78 is 4.87. The van der Waals surface area contributed by atoms with Gasteiger partial charge >= 0.3 is 6.09 Å². The first-order valence-electron chi connectivity index (χ1n) is 3.11. The Labute approximate surface area is 61.7 Å². The van der Waals surface area contributed by atoms with Crippen molar-refractivity contribution < 1.29 is 9.53 Å². The zero-order valence-electron chi connectivity index (χ0n) is 6.82. The number of hydrazine groups is 1. The number of hydrogen-bond donors (Lipinski definition) is 2. The molecule has 0 rings (SSSR count). The Bertz CT molecular complexity index is 121. The van der Waals surface area contributed by atoms with E-state index in [0.29, 0.717) is 0 Å². The van der Waals surface area contributed by atoms with Crippen LogP contribution in [-0.4, -0.2) is 19.7 Å². The molecule has 1 amide bonds. The second-order valence-corrected chi connectivity index (χ2v) is 2.88. The average molecular weight is 144 g/mol. The number of amides is 1. The molecule has 0 fully saturated rings. The van der Waals surface area contributed by atoms with E-state index in [1.54, 1.807) is 7.98 Å². The summed E-state index contributed by atoms with van der Waals surface area (Å²) >= 11 is 0. The predicted molar refractivity (Wildman–Crippen MR) is 41.0 cm³/mol. The average Bonchev–Trinajstić information content (AvgIpc) is 1.59. The summed E-state index contributed by atoms with van der Waals surface area (Å²) in [6, 6.07) is 0. The summed E-state index contributed by atoms with van der Waals surface area (Å²) in [5.74, 6) is 0. The lowest BCUT2D eigenvalue weighted by Crippen LogP contribution is -2.39. The van der Waals surface area contributed by atoms with Crippen molar-refractivity contribution in [2.24, 2.45) is 0 Å². The van der Waals surface area contributed by atoms with Crippen LogP contribution in [0.2, 0.25) is 0 Å². The number of nitrogens with one attached hydrogen (secondary N) is 2. The van der Waals surface area contributed by atoms with Crippen molar-refractivity contribution in [3.63, 3.8) is 0 Å². The number of rotatable bonds is 1. The van der Waals surface area contributed by atoms with Crippen molar-refractivity contribution in [1.29, 1.82) is 0 Å². The molecule has 2 N–H and O–H groups in total. The standard InChI is InChI=1S/C5H13BN2O2/c1-5(2,3)10-4(9)7-8-6/h8H,6H2,1-3H3,(H,7,9). The topological polar surface area (TPSA) is 50.4 Å². The van der Waals surface area contributed by atoms with Crippen LogP contribution < -0.4 is 10.8 Å². The molecule has 5 heteroatoms. The molecule has 0 radical (unpaired) electrons. The minimum absolute atomic E-state index is 0.430. The number of hydrogen-bond acceptors (Lipinski definition) is 3. The van der Waals surface area contributed by atoms with E-state index in [1.165, 1.54) is 0 Å². The van der Waals surface area contributed by atoms with Gasteiger partial charge in [0.15, 0.2) is 0 Å². The quantitative estimate of drug-likeness (QED) is 0.387. The maximum Gasteiger partial charge on any atom is 0.421 e. The van der Waals surface area contributed by atoms with Crippen LogP contribution in [0.5, 0.6) is 0 Å². The van der Waals surface area contributed by atoms with Gasteiger partial charge < -0.3 is 4.74 Å². The van der Waals surface area contributed by atoms with E-state index >= 15 is 0 Å². The van der Waals surface area contributed by atoms with Crippen LogP contribution in [0, 0.1) is 0 Å². The van der Waals surface area contributed by atoms with Gasteiger partial charge in [0.2, 0.25) is 7.98 Å². The first kappa shape index (κ1) is 9.29. The third-order valence-electron chi connectivity index (χ3n) is 0.626. The molecular formula is C5H13BN2O2. The van der Waals surface area contributed by atoms with Crippen molar-refractivity contribution >= 4 is 14.1 Å². The van der Waals surface area contributed by atoms with Gasteiger partial charge in [-0.25, -0.2) is 4.79 Å². The Morgan fingerprint density at radius 1 is 1.50 bits per heavy atom. The fourth-order valence-corrected chi connectivity index (χ4v) is 0.406. The zero-order chi connectivity index (χ0) is 8.20. The van der Waals surface area contributed by atoms with Gasteiger partial charge in [-0.2, -0.15) is 0 Å². The van der Waals surface area contributed by atoms with Crippen LogP contribution in [0.4, 0.5) is 4.79 Å². The van der Waals surface area contributed by atoms with E-state index in [0.717, 1.165) is 0 Å². The molecule has 0 aromatic heterocycles. The van der Waals surface area contributed by atoms with Crippen LogP contribution in [0.25, 0.3) is 0 Å². The number of carbonyl (C=O) groups is 1. The van der Waals surface area contributed by atoms with Crippen LogP contribution in [0.1, 0.15) is 20.8 Å². The molecule has 0 unspecified atom stereocenters. The zero-order valence-corrected chi connectivity index (χ0v) is 6.82. The molecule has 0 aromatic rings. The molecular weight excluding hydrogens is 131 g/mol. The van der Waals surface area contributed by atoms with E-state index in [-0.39, 0.29) is 0 Å². The highest BCUT2D eigenvalue weighted by atomic mass is 16.6. The molecule has 0 saturated carbocycles. The maximum atomic E-state index is 10.7. The lowest BCUT2D eigenvalue weighted by molar-refractivity contribution is 0.0516. The Hall–Kier alpha value is -0.705. The minimum atomic E-state index is -0.463. The Morgan fingerprint density at radius 3 is 2.30 bits per heavy atom. The van der Waals surface area contributed by atoms with E-state index in [1.807, 2.05) is 20.8 Å². The highest BCUT2D eigenvalue weighted by molar-refractivity contribution is 6.04. The fourth-order valence-electron chi connectivity index (χ4n) is 0.406. The molecule has 0 aliphatic rings. The van der Waals surface area contributed by atoms with Gasteiger partial charge in [-0.05, 0) is 20.8 Å². The highest BCUT2D eigenvalue weighted by Crippen LogP contribution is 2.05. The molecule has 0 atom stereocenters. The first-order chi connectivity index (χ1) is 4.45. The van der Waals surface area contributed by atoms with Crippen molar-refractivity contribution in [3.05, 3.63) is 0 Å². The largest absolute Gasteiger partial charge is 0.443 e. The van der Waals surface area contributed by atoms with Crippen molar-refractivity contribution in [2.75, 3.05) is 0 Å². The molecule has 0 spiro atoms. The van der Waals surface area contributed by atoms with Gasteiger partial charge in [-0.3, -0.25) is 10.8 Å². The Kier molecular flexibility index (Phi) is 3.22. The second kappa shape index (κ2) is 3.46. The lowest BCUT2D eigenvalue weighted by Gasteiger charge is -2.19. The molecule has 0 saturated heterocycles. The Balaban J connectivity index is 3.58. The second-order valence-electron chi connectivity index (χ2n) is 2.88. The monoisotopic (exact) mass is 144 g/mol. The molecule has 0 heterocycles. The molecule has 0 aromatic carbocycles. The van der Waals surface area contributed by atoms with Crippen LogP contribution in [0.3, 0.4) is 0 Å². The van der Waals surface area contributed by atoms with Gasteiger partial charge in [0, 0.05) is 0 Å². The van der Waals surface area contributed by atoms with E-state index < -0.39 is 11.7 Å². The van der Waals surface area contributed by atoms with Crippen molar-refractivity contribution in [1.82, 2.24) is 10.8 Å². The van der Waals surface area contributed by atoms with E-state index in [4.69, 9.17) is 4.74 Å². The van der Waals surface area contributed by atoms with Gasteiger partial charge in [0.25, 0.3) is 0 Å². The highest BCUT2D eigenvalue weighted by Gasteiger charge is 2.14. The smallest absolute Gasteiger partial charge is 0.421 e. The van der Waals surface area contributed by atoms with E-state index in [9.17, 15) is 4.79 Å². The molecule has 58 valence electrons. The summed E-state index contributed by atoms with van der Waals surface area (Å²) in [5.41, 5.74) is 1.86. The van der Waals surface area contributed by atoms with Crippen LogP contribution >= 0.6 is 0 Å². The third kappa shape index (κ3) is 5.43. The summed E-state index contributed by atoms with van der Waals surface area (Å²) in [6.45, 7) is 5.42.